The second-order valence-corrected chi connectivity index (χ2v) is 6.43. The van der Waals surface area contributed by atoms with Gasteiger partial charge in [-0.1, -0.05) is 25.1 Å². The highest BCUT2D eigenvalue weighted by atomic mass is 19.4. The molecule has 0 unspecified atom stereocenters. The Labute approximate surface area is 167 Å². The molecule has 0 radical (unpaired) electrons. The molecular formula is C21H23F3N2O3. The second-order valence-electron chi connectivity index (χ2n) is 6.43. The van der Waals surface area contributed by atoms with Gasteiger partial charge in [0.25, 0.3) is 5.91 Å². The summed E-state index contributed by atoms with van der Waals surface area (Å²) in [4.78, 5) is 24.3. The fourth-order valence-electron chi connectivity index (χ4n) is 2.57. The van der Waals surface area contributed by atoms with Crippen LogP contribution in [0.5, 0.6) is 5.75 Å². The van der Waals surface area contributed by atoms with Crippen LogP contribution in [0.25, 0.3) is 0 Å². The maximum atomic E-state index is 13.0. The van der Waals surface area contributed by atoms with Gasteiger partial charge in [-0.05, 0) is 43.2 Å². The number of halogens is 3. The molecule has 0 heterocycles. The van der Waals surface area contributed by atoms with Crippen LogP contribution in [0.15, 0.2) is 42.5 Å². The van der Waals surface area contributed by atoms with E-state index in [2.05, 4.69) is 10.6 Å². The van der Waals surface area contributed by atoms with Crippen LogP contribution in [0.4, 0.5) is 18.9 Å². The predicted octanol–water partition coefficient (Wildman–Crippen LogP) is 4.56. The standard InChI is InChI=1S/C21H23F3N2O3/c1-3-12-29-18-9-8-15(21(22,23)24)13-17(18)26-19(27)10-11-25-20(28)16-7-5-4-6-14(16)2/h4-9,13H,3,10-12H2,1-2H3,(H,25,28)(H,26,27). The molecule has 0 saturated heterocycles. The Morgan fingerprint density at radius 1 is 1.10 bits per heavy atom. The molecule has 8 heteroatoms. The van der Waals surface area contributed by atoms with E-state index in [1.54, 1.807) is 25.1 Å². The first-order valence-electron chi connectivity index (χ1n) is 9.20. The first kappa shape index (κ1) is 22.3. The van der Waals surface area contributed by atoms with E-state index in [0.29, 0.717) is 18.6 Å². The molecule has 0 aliphatic carbocycles. The Morgan fingerprint density at radius 2 is 1.83 bits per heavy atom. The van der Waals surface area contributed by atoms with Crippen LogP contribution in [0.3, 0.4) is 0 Å². The van der Waals surface area contributed by atoms with Crippen LogP contribution >= 0.6 is 0 Å². The smallest absolute Gasteiger partial charge is 0.416 e. The van der Waals surface area contributed by atoms with E-state index in [-0.39, 0.29) is 30.3 Å². The van der Waals surface area contributed by atoms with Gasteiger partial charge in [0.1, 0.15) is 5.75 Å². The number of ether oxygens (including phenoxy) is 1. The van der Waals surface area contributed by atoms with Crippen molar-refractivity contribution in [1.82, 2.24) is 5.32 Å². The highest BCUT2D eigenvalue weighted by Crippen LogP contribution is 2.35. The molecule has 29 heavy (non-hydrogen) atoms. The van der Waals surface area contributed by atoms with E-state index in [4.69, 9.17) is 4.74 Å². The number of nitrogens with one attached hydrogen (secondary N) is 2. The zero-order valence-electron chi connectivity index (χ0n) is 16.2. The number of hydrogen-bond donors (Lipinski definition) is 2. The van der Waals surface area contributed by atoms with Crippen molar-refractivity contribution in [2.24, 2.45) is 0 Å². The van der Waals surface area contributed by atoms with Gasteiger partial charge in [-0.2, -0.15) is 13.2 Å². The summed E-state index contributed by atoms with van der Waals surface area (Å²) in [5.41, 5.74) is 0.366. The van der Waals surface area contributed by atoms with Crippen molar-refractivity contribution in [3.8, 4) is 5.75 Å². The number of rotatable bonds is 8. The number of carbonyl (C=O) groups excluding carboxylic acids is 2. The number of alkyl halides is 3. The Kier molecular flexibility index (Phi) is 7.64. The summed E-state index contributed by atoms with van der Waals surface area (Å²) in [5.74, 6) is -0.685. The Morgan fingerprint density at radius 3 is 2.48 bits per heavy atom. The minimum absolute atomic E-state index is 0.0448. The largest absolute Gasteiger partial charge is 0.491 e. The molecule has 0 aliphatic heterocycles. The molecule has 2 aromatic rings. The quantitative estimate of drug-likeness (QED) is 0.673. The van der Waals surface area contributed by atoms with Gasteiger partial charge < -0.3 is 15.4 Å². The highest BCUT2D eigenvalue weighted by Gasteiger charge is 2.31. The van der Waals surface area contributed by atoms with Crippen LogP contribution in [-0.4, -0.2) is 25.0 Å². The summed E-state index contributed by atoms with van der Waals surface area (Å²) in [6.07, 6.45) is -3.97. The Balaban J connectivity index is 1.99. The summed E-state index contributed by atoms with van der Waals surface area (Å²) in [7, 11) is 0. The lowest BCUT2D eigenvalue weighted by molar-refractivity contribution is -0.137. The monoisotopic (exact) mass is 408 g/mol. The number of carbonyl (C=O) groups is 2. The lowest BCUT2D eigenvalue weighted by atomic mass is 10.1. The lowest BCUT2D eigenvalue weighted by Crippen LogP contribution is -2.28. The van der Waals surface area contributed by atoms with Gasteiger partial charge in [-0.3, -0.25) is 9.59 Å². The third-order valence-electron chi connectivity index (χ3n) is 4.07. The topological polar surface area (TPSA) is 67.4 Å². The van der Waals surface area contributed by atoms with Crippen molar-refractivity contribution in [2.75, 3.05) is 18.5 Å². The minimum atomic E-state index is -4.54. The van der Waals surface area contributed by atoms with Gasteiger partial charge in [-0.25, -0.2) is 0 Å². The third-order valence-corrected chi connectivity index (χ3v) is 4.07. The third kappa shape index (κ3) is 6.51. The van der Waals surface area contributed by atoms with Gasteiger partial charge in [0.15, 0.2) is 0 Å². The Hall–Kier alpha value is -3.03. The first-order valence-corrected chi connectivity index (χ1v) is 9.20. The summed E-state index contributed by atoms with van der Waals surface area (Å²) in [6, 6.07) is 9.96. The van der Waals surface area contributed by atoms with E-state index in [0.717, 1.165) is 17.7 Å². The average molecular weight is 408 g/mol. The van der Waals surface area contributed by atoms with Crippen molar-refractivity contribution in [3.63, 3.8) is 0 Å². The maximum absolute atomic E-state index is 13.0. The zero-order chi connectivity index (χ0) is 21.4. The van der Waals surface area contributed by atoms with E-state index >= 15 is 0 Å². The van der Waals surface area contributed by atoms with Crippen LogP contribution in [0.2, 0.25) is 0 Å². The van der Waals surface area contributed by atoms with E-state index < -0.39 is 17.6 Å². The lowest BCUT2D eigenvalue weighted by Gasteiger charge is -2.15. The molecule has 0 fully saturated rings. The van der Waals surface area contributed by atoms with Crippen LogP contribution in [-0.2, 0) is 11.0 Å². The molecule has 0 aliphatic rings. The van der Waals surface area contributed by atoms with Gasteiger partial charge in [-0.15, -0.1) is 0 Å². The summed E-state index contributed by atoms with van der Waals surface area (Å²) in [6.45, 7) is 4.01. The molecule has 156 valence electrons. The Bertz CT molecular complexity index is 866. The van der Waals surface area contributed by atoms with Gasteiger partial charge in [0.2, 0.25) is 5.91 Å². The molecule has 2 aromatic carbocycles. The average Bonchev–Trinajstić information content (AvgIpc) is 2.66. The van der Waals surface area contributed by atoms with Crippen molar-refractivity contribution >= 4 is 17.5 Å². The van der Waals surface area contributed by atoms with Crippen LogP contribution < -0.4 is 15.4 Å². The fourth-order valence-corrected chi connectivity index (χ4v) is 2.57. The molecule has 2 N–H and O–H groups in total. The summed E-state index contributed by atoms with van der Waals surface area (Å²) in [5, 5.41) is 5.07. The van der Waals surface area contributed by atoms with E-state index in [1.807, 2.05) is 13.0 Å². The second kappa shape index (κ2) is 9.95. The van der Waals surface area contributed by atoms with E-state index in [1.165, 1.54) is 6.07 Å². The number of benzene rings is 2. The van der Waals surface area contributed by atoms with Crippen LogP contribution in [0.1, 0.15) is 41.3 Å². The minimum Gasteiger partial charge on any atom is -0.491 e. The van der Waals surface area contributed by atoms with Crippen molar-refractivity contribution in [2.45, 2.75) is 32.9 Å². The van der Waals surface area contributed by atoms with Gasteiger partial charge >= 0.3 is 6.18 Å². The molecule has 5 nitrogen and oxygen atoms in total. The molecule has 0 atom stereocenters. The SMILES string of the molecule is CCCOc1ccc(C(F)(F)F)cc1NC(=O)CCNC(=O)c1ccccc1C. The molecule has 0 spiro atoms. The predicted molar refractivity (Wildman–Crippen MR) is 104 cm³/mol. The number of anilines is 1. The zero-order valence-corrected chi connectivity index (χ0v) is 16.2. The molecule has 0 aromatic heterocycles. The summed E-state index contributed by atoms with van der Waals surface area (Å²) >= 11 is 0. The maximum Gasteiger partial charge on any atom is 0.416 e. The number of amides is 2. The van der Waals surface area contributed by atoms with Gasteiger partial charge in [0.05, 0.1) is 17.9 Å². The number of hydrogen-bond acceptors (Lipinski definition) is 3. The van der Waals surface area contributed by atoms with Crippen LogP contribution in [0, 0.1) is 6.92 Å². The number of aryl methyl sites for hydroxylation is 1. The van der Waals surface area contributed by atoms with Crippen molar-refractivity contribution in [1.29, 1.82) is 0 Å². The van der Waals surface area contributed by atoms with Crippen molar-refractivity contribution < 1.29 is 27.5 Å². The molecule has 2 amide bonds. The molecule has 0 bridgehead atoms. The van der Waals surface area contributed by atoms with Crippen molar-refractivity contribution in [3.05, 3.63) is 59.2 Å². The van der Waals surface area contributed by atoms with E-state index in [9.17, 15) is 22.8 Å². The first-order chi connectivity index (χ1) is 13.7. The molecule has 0 saturated carbocycles. The molecular weight excluding hydrogens is 385 g/mol. The highest BCUT2D eigenvalue weighted by molar-refractivity contribution is 5.96. The summed E-state index contributed by atoms with van der Waals surface area (Å²) < 4.78 is 44.3. The van der Waals surface area contributed by atoms with Gasteiger partial charge in [0, 0.05) is 18.5 Å². The normalized spacial score (nSPS) is 11.1. The fraction of sp³-hybridized carbons (Fsp3) is 0.333. The molecule has 2 rings (SSSR count).